The fraction of sp³-hybridized carbons (Fsp3) is 0.111. The van der Waals surface area contributed by atoms with Crippen molar-refractivity contribution in [2.24, 2.45) is 6.66 Å². The third-order valence-corrected chi connectivity index (χ3v) is 6.42. The molecule has 0 bridgehead atoms. The zero-order valence-corrected chi connectivity index (χ0v) is 19.1. The summed E-state index contributed by atoms with van der Waals surface area (Å²) in [5, 5.41) is 1.68. The molecule has 0 atom stereocenters. The molecule has 5 heteroatoms. The number of benzene rings is 4. The molecule has 1 aromatic heterocycles. The maximum Gasteiger partial charge on any atom is 0.213 e. The van der Waals surface area contributed by atoms with Gasteiger partial charge in [-0.2, -0.15) is 0 Å². The highest BCUT2D eigenvalue weighted by molar-refractivity contribution is 7.35. The van der Waals surface area contributed by atoms with Gasteiger partial charge in [-0.3, -0.25) is 0 Å². The van der Waals surface area contributed by atoms with Gasteiger partial charge in [0.2, 0.25) is 8.01 Å². The van der Waals surface area contributed by atoms with Crippen LogP contribution < -0.4 is 9.47 Å². The van der Waals surface area contributed by atoms with Gasteiger partial charge in [0.15, 0.2) is 11.2 Å². The second-order valence-corrected chi connectivity index (χ2v) is 8.64. The van der Waals surface area contributed by atoms with Gasteiger partial charge in [0.25, 0.3) is 0 Å². The molecule has 4 aromatic carbocycles. The summed E-state index contributed by atoms with van der Waals surface area (Å²) in [6.07, 6.45) is 0. The lowest BCUT2D eigenvalue weighted by Gasteiger charge is -2.12. The van der Waals surface area contributed by atoms with Gasteiger partial charge in [0.05, 0.1) is 25.0 Å². The molecule has 0 unspecified atom stereocenters. The number of aryl methyl sites for hydroxylation is 1. The fourth-order valence-electron chi connectivity index (χ4n) is 4.10. The standard InChI is InChI=1S/C27H23O4P/c1-28-22-16-14-20(18-10-6-4-7-11-18)26-24(22)25-23(29-2)17-15-21(19-12-8-5-9-13-19)27(25)31-32(3)30-26/h4-17H,1-3H3. The van der Waals surface area contributed by atoms with Gasteiger partial charge in [-0.1, -0.05) is 60.7 Å². The van der Waals surface area contributed by atoms with Gasteiger partial charge >= 0.3 is 0 Å². The summed E-state index contributed by atoms with van der Waals surface area (Å²) in [6, 6.07) is 28.4. The highest BCUT2D eigenvalue weighted by atomic mass is 31.1. The first kappa shape index (κ1) is 20.3. The first-order chi connectivity index (χ1) is 15.7. The Bertz CT molecular complexity index is 1330. The van der Waals surface area contributed by atoms with E-state index < -0.39 is 8.01 Å². The summed E-state index contributed by atoms with van der Waals surface area (Å²) < 4.78 is 24.6. The molecule has 0 saturated heterocycles. The van der Waals surface area contributed by atoms with Crippen molar-refractivity contribution in [3.8, 4) is 33.8 Å². The molecule has 4 nitrogen and oxygen atoms in total. The van der Waals surface area contributed by atoms with E-state index in [1.54, 1.807) is 14.2 Å². The van der Waals surface area contributed by atoms with Crippen LogP contribution >= 0.6 is 8.01 Å². The number of fused-ring (bicyclic) bond motifs is 3. The smallest absolute Gasteiger partial charge is 0.213 e. The van der Waals surface area contributed by atoms with Crippen LogP contribution in [-0.4, -0.2) is 14.2 Å². The van der Waals surface area contributed by atoms with Crippen molar-refractivity contribution in [1.29, 1.82) is 0 Å². The Balaban J connectivity index is 2.03. The lowest BCUT2D eigenvalue weighted by atomic mass is 9.97. The summed E-state index contributed by atoms with van der Waals surface area (Å²) in [7, 11) is 2.09. The van der Waals surface area contributed by atoms with Crippen LogP contribution in [0, 0.1) is 0 Å². The number of methoxy groups -OCH3 is 2. The second-order valence-electron chi connectivity index (χ2n) is 7.39. The van der Waals surface area contributed by atoms with E-state index >= 15 is 0 Å². The highest BCUT2D eigenvalue weighted by Gasteiger charge is 2.20. The van der Waals surface area contributed by atoms with Crippen LogP contribution in [0.15, 0.2) is 93.3 Å². The van der Waals surface area contributed by atoms with E-state index in [-0.39, 0.29) is 0 Å². The molecule has 32 heavy (non-hydrogen) atoms. The van der Waals surface area contributed by atoms with Crippen LogP contribution in [-0.2, 0) is 6.66 Å². The Kier molecular flexibility index (Phi) is 5.38. The molecule has 5 aromatic rings. The van der Waals surface area contributed by atoms with Crippen LogP contribution in [0.3, 0.4) is 0 Å². The first-order valence-corrected chi connectivity index (χ1v) is 12.0. The van der Waals surface area contributed by atoms with E-state index in [0.29, 0.717) is 11.5 Å². The zero-order chi connectivity index (χ0) is 22.1. The molecule has 0 saturated carbocycles. The molecule has 0 aliphatic heterocycles. The van der Waals surface area contributed by atoms with Crippen molar-refractivity contribution < 1.29 is 17.9 Å². The van der Waals surface area contributed by atoms with Crippen LogP contribution in [0.25, 0.3) is 44.2 Å². The van der Waals surface area contributed by atoms with Crippen molar-refractivity contribution in [2.75, 3.05) is 14.2 Å². The molecular formula is C27H23O4P. The molecule has 0 amide bonds. The summed E-state index contributed by atoms with van der Waals surface area (Å²) >= 11 is 0. The molecule has 5 rings (SSSR count). The first-order valence-electron chi connectivity index (χ1n) is 10.3. The van der Waals surface area contributed by atoms with Gasteiger partial charge in [0, 0.05) is 17.8 Å². The Labute approximate surface area is 187 Å². The number of hydrogen-bond acceptors (Lipinski definition) is 4. The quantitative estimate of drug-likeness (QED) is 0.281. The van der Waals surface area contributed by atoms with E-state index in [2.05, 4.69) is 24.3 Å². The summed E-state index contributed by atoms with van der Waals surface area (Å²) in [4.78, 5) is 0. The average Bonchev–Trinajstić information content (AvgIpc) is 3.00. The largest absolute Gasteiger partial charge is 0.496 e. The molecule has 0 fully saturated rings. The minimum atomic E-state index is -1.25. The Morgan fingerprint density at radius 1 is 0.562 bits per heavy atom. The number of ether oxygens (including phenoxy) is 2. The van der Waals surface area contributed by atoms with E-state index in [0.717, 1.165) is 44.2 Å². The Morgan fingerprint density at radius 2 is 0.969 bits per heavy atom. The molecule has 0 spiro atoms. The zero-order valence-electron chi connectivity index (χ0n) is 18.2. The predicted octanol–water partition coefficient (Wildman–Crippen LogP) is 8.18. The van der Waals surface area contributed by atoms with Crippen molar-refractivity contribution in [3.63, 3.8) is 0 Å². The lowest BCUT2D eigenvalue weighted by Crippen LogP contribution is -1.91. The fourth-order valence-corrected chi connectivity index (χ4v) is 5.03. The molecular weight excluding hydrogens is 419 g/mol. The van der Waals surface area contributed by atoms with Crippen molar-refractivity contribution in [1.82, 2.24) is 0 Å². The topological polar surface area (TPSA) is 44.7 Å². The van der Waals surface area contributed by atoms with Crippen LogP contribution in [0.5, 0.6) is 11.5 Å². The summed E-state index contributed by atoms with van der Waals surface area (Å²) in [5.74, 6) is 1.41. The molecule has 0 aliphatic rings. The van der Waals surface area contributed by atoms with E-state index in [1.165, 1.54) is 0 Å². The van der Waals surface area contributed by atoms with Crippen LogP contribution in [0.4, 0.5) is 0 Å². The molecule has 0 N–H and O–H groups in total. The monoisotopic (exact) mass is 442 g/mol. The van der Waals surface area contributed by atoms with E-state index in [9.17, 15) is 0 Å². The van der Waals surface area contributed by atoms with Gasteiger partial charge in [-0.15, -0.1) is 0 Å². The summed E-state index contributed by atoms with van der Waals surface area (Å²) in [6.45, 7) is 1.97. The second kappa shape index (κ2) is 8.49. The maximum atomic E-state index is 6.46. The minimum Gasteiger partial charge on any atom is -0.496 e. The van der Waals surface area contributed by atoms with Crippen LogP contribution in [0.2, 0.25) is 0 Å². The number of hydrogen-bond donors (Lipinski definition) is 0. The van der Waals surface area contributed by atoms with Gasteiger partial charge in [-0.05, 0) is 35.4 Å². The normalized spacial score (nSPS) is 11.0. The minimum absolute atomic E-state index is 0.707. The van der Waals surface area contributed by atoms with Crippen molar-refractivity contribution in [2.45, 2.75) is 0 Å². The lowest BCUT2D eigenvalue weighted by molar-refractivity contribution is 0.416. The molecule has 0 aliphatic carbocycles. The third kappa shape index (κ3) is 3.43. The van der Waals surface area contributed by atoms with Gasteiger partial charge in [-0.25, -0.2) is 0 Å². The van der Waals surface area contributed by atoms with Crippen molar-refractivity contribution >= 4 is 30.0 Å². The SMILES string of the molecule is COc1ccc(-c2ccccc2)c2op(C)oc3c(-c4ccccc4)ccc(OC)c3c12. The van der Waals surface area contributed by atoms with Crippen molar-refractivity contribution in [3.05, 3.63) is 84.9 Å². The van der Waals surface area contributed by atoms with E-state index in [1.807, 2.05) is 67.3 Å². The molecule has 1 heterocycles. The van der Waals surface area contributed by atoms with Gasteiger partial charge in [0.1, 0.15) is 11.5 Å². The highest BCUT2D eigenvalue weighted by Crippen LogP contribution is 2.47. The molecule has 160 valence electrons. The van der Waals surface area contributed by atoms with Gasteiger partial charge < -0.3 is 17.9 Å². The average molecular weight is 442 g/mol. The maximum absolute atomic E-state index is 6.46. The Hall–Kier alpha value is -3.62. The van der Waals surface area contributed by atoms with E-state index in [4.69, 9.17) is 17.9 Å². The number of rotatable bonds is 4. The summed E-state index contributed by atoms with van der Waals surface area (Å²) in [5.41, 5.74) is 5.59. The van der Waals surface area contributed by atoms with Crippen LogP contribution in [0.1, 0.15) is 0 Å². The predicted molar refractivity (Wildman–Crippen MR) is 131 cm³/mol. The Morgan fingerprint density at radius 3 is 1.34 bits per heavy atom. The third-order valence-electron chi connectivity index (χ3n) is 5.54. The molecule has 0 radical (unpaired) electrons.